The van der Waals surface area contributed by atoms with Gasteiger partial charge in [-0.1, -0.05) is 175 Å². The Hall–Kier alpha value is -1.36. The van der Waals surface area contributed by atoms with Gasteiger partial charge in [0.05, 0.1) is 22.9 Å². The van der Waals surface area contributed by atoms with Crippen LogP contribution in [0.1, 0.15) is 142 Å². The summed E-state index contributed by atoms with van der Waals surface area (Å²) in [6.45, 7) is 4.46. The first kappa shape index (κ1) is 40.8. The number of sulfonamides is 2. The second-order valence-corrected chi connectivity index (χ2v) is 18.3. The van der Waals surface area contributed by atoms with E-state index in [0.717, 1.165) is 35.5 Å². The van der Waals surface area contributed by atoms with Crippen LogP contribution in [0, 0.1) is 0 Å². The fourth-order valence-corrected chi connectivity index (χ4v) is 10.1. The summed E-state index contributed by atoms with van der Waals surface area (Å²) in [6.07, 6.45) is 23.1. The summed E-state index contributed by atoms with van der Waals surface area (Å²) in [4.78, 5) is 1.56. The third-order valence-electron chi connectivity index (χ3n) is 8.06. The van der Waals surface area contributed by atoms with Crippen LogP contribution in [0.25, 0.3) is 0 Å². The summed E-state index contributed by atoms with van der Waals surface area (Å²) in [7, 11) is -4.10. The van der Waals surface area contributed by atoms with Crippen molar-refractivity contribution in [2.75, 3.05) is 20.9 Å². The van der Waals surface area contributed by atoms with Crippen LogP contribution < -0.4 is 9.44 Å². The monoisotopic (exact) mass is 712 g/mol. The number of nitrogens with one attached hydrogen (secondary N) is 2. The lowest BCUT2D eigenvalue weighted by molar-refractivity contribution is 0.558. The molecule has 2 aromatic rings. The van der Waals surface area contributed by atoms with Crippen LogP contribution in [-0.2, 0) is 20.0 Å². The molecule has 0 amide bonds. The summed E-state index contributed by atoms with van der Waals surface area (Å²) in [6, 6.07) is 14.7. The zero-order chi connectivity index (χ0) is 33.4. The maximum absolute atomic E-state index is 12.9. The summed E-state index contributed by atoms with van der Waals surface area (Å²) in [5.74, 6) is 0.221. The van der Waals surface area contributed by atoms with Crippen molar-refractivity contribution in [3.8, 4) is 0 Å². The molecule has 2 N–H and O–H groups in total. The average Bonchev–Trinajstić information content (AvgIpc) is 3.02. The Morgan fingerprint density at radius 2 is 0.717 bits per heavy atom. The highest BCUT2D eigenvalue weighted by Gasteiger charge is 2.16. The number of hydrogen-bond donors (Lipinski definition) is 2. The van der Waals surface area contributed by atoms with E-state index >= 15 is 0 Å². The highest BCUT2D eigenvalue weighted by atomic mass is 33.1. The largest absolute Gasteiger partial charge is 0.282 e. The minimum Gasteiger partial charge on any atom is -0.282 e. The molecule has 2 aromatic carbocycles. The van der Waals surface area contributed by atoms with Gasteiger partial charge in [-0.05, 0) is 37.1 Å². The molecule has 0 bridgehead atoms. The van der Waals surface area contributed by atoms with Gasteiger partial charge in [0.15, 0.2) is 0 Å². The molecule has 262 valence electrons. The first-order chi connectivity index (χ1) is 22.3. The molecule has 0 aliphatic heterocycles. The SMILES string of the molecule is CCCCCCCCCCCCS(=O)(=O)Nc1ccccc1SSc1ccccc1NS(=O)(=O)CCCCCCCCCCCC. The van der Waals surface area contributed by atoms with Crippen LogP contribution in [0.3, 0.4) is 0 Å². The fourth-order valence-electron chi connectivity index (χ4n) is 5.33. The topological polar surface area (TPSA) is 92.3 Å². The number of anilines is 2. The molecule has 0 spiro atoms. The Kier molecular flexibility index (Phi) is 21.9. The van der Waals surface area contributed by atoms with Gasteiger partial charge in [-0.2, -0.15) is 0 Å². The van der Waals surface area contributed by atoms with Crippen LogP contribution in [0.5, 0.6) is 0 Å². The smallest absolute Gasteiger partial charge is 0.232 e. The lowest BCUT2D eigenvalue weighted by atomic mass is 10.1. The summed E-state index contributed by atoms with van der Waals surface area (Å²) in [5.41, 5.74) is 1.09. The maximum atomic E-state index is 12.9. The van der Waals surface area contributed by atoms with Crippen LogP contribution in [0.4, 0.5) is 11.4 Å². The Morgan fingerprint density at radius 1 is 0.435 bits per heavy atom. The van der Waals surface area contributed by atoms with Crippen molar-refractivity contribution in [2.24, 2.45) is 0 Å². The molecule has 0 unspecified atom stereocenters. The minimum absolute atomic E-state index is 0.110. The van der Waals surface area contributed by atoms with E-state index in [4.69, 9.17) is 0 Å². The standard InChI is InChI=1S/C36H60N2O4S4/c1-3-5-7-9-11-13-15-17-19-25-31-45(39,40)37-33-27-21-23-29-35(33)43-44-36-30-24-22-28-34(36)38-46(41,42)32-26-20-18-16-14-12-10-8-6-4-2/h21-24,27-30,37-38H,3-20,25-26,31-32H2,1-2H3. The van der Waals surface area contributed by atoms with E-state index in [9.17, 15) is 16.8 Å². The number of rotatable bonds is 29. The van der Waals surface area contributed by atoms with Gasteiger partial charge in [0.2, 0.25) is 20.0 Å². The molecule has 10 heteroatoms. The average molecular weight is 713 g/mol. The van der Waals surface area contributed by atoms with Gasteiger partial charge in [-0.3, -0.25) is 9.44 Å². The molecule has 2 rings (SSSR count). The van der Waals surface area contributed by atoms with Crippen molar-refractivity contribution in [3.63, 3.8) is 0 Å². The Labute approximate surface area is 290 Å². The van der Waals surface area contributed by atoms with Crippen molar-refractivity contribution in [1.82, 2.24) is 0 Å². The molecule has 6 nitrogen and oxygen atoms in total. The van der Waals surface area contributed by atoms with Crippen molar-refractivity contribution < 1.29 is 16.8 Å². The highest BCUT2D eigenvalue weighted by Crippen LogP contribution is 2.43. The van der Waals surface area contributed by atoms with E-state index in [1.807, 2.05) is 36.4 Å². The van der Waals surface area contributed by atoms with E-state index < -0.39 is 20.0 Å². The second kappa shape index (κ2) is 24.7. The number of unbranched alkanes of at least 4 members (excludes halogenated alkanes) is 18. The molecule has 0 aromatic heterocycles. The van der Waals surface area contributed by atoms with Crippen LogP contribution >= 0.6 is 21.6 Å². The fraction of sp³-hybridized carbons (Fsp3) is 0.667. The Bertz CT molecular complexity index is 1190. The first-order valence-corrected chi connectivity index (χ1v) is 23.3. The van der Waals surface area contributed by atoms with E-state index in [-0.39, 0.29) is 11.5 Å². The summed E-state index contributed by atoms with van der Waals surface area (Å²) in [5, 5.41) is 0. The van der Waals surface area contributed by atoms with Gasteiger partial charge < -0.3 is 0 Å². The van der Waals surface area contributed by atoms with Gasteiger partial charge in [0.1, 0.15) is 0 Å². The van der Waals surface area contributed by atoms with E-state index in [2.05, 4.69) is 23.3 Å². The minimum atomic E-state index is -3.47. The van der Waals surface area contributed by atoms with Crippen LogP contribution in [-0.4, -0.2) is 28.3 Å². The van der Waals surface area contributed by atoms with Gasteiger partial charge in [0.25, 0.3) is 0 Å². The van der Waals surface area contributed by atoms with Crippen molar-refractivity contribution in [1.29, 1.82) is 0 Å². The molecular weight excluding hydrogens is 653 g/mol. The predicted molar refractivity (Wildman–Crippen MR) is 203 cm³/mol. The summed E-state index contributed by atoms with van der Waals surface area (Å²) >= 11 is 0. The molecule has 0 fully saturated rings. The molecular formula is C36H60N2O4S4. The van der Waals surface area contributed by atoms with E-state index in [0.29, 0.717) is 24.2 Å². The normalized spacial score (nSPS) is 12.0. The molecule has 0 aliphatic carbocycles. The Balaban J connectivity index is 1.78. The zero-order valence-electron chi connectivity index (χ0n) is 28.4. The lowest BCUT2D eigenvalue weighted by Gasteiger charge is -2.14. The second-order valence-electron chi connectivity index (χ2n) is 12.4. The van der Waals surface area contributed by atoms with E-state index in [1.54, 1.807) is 12.1 Å². The predicted octanol–water partition coefficient (Wildman–Crippen LogP) is 11.8. The molecule has 46 heavy (non-hydrogen) atoms. The lowest BCUT2D eigenvalue weighted by Crippen LogP contribution is -2.17. The van der Waals surface area contributed by atoms with Crippen molar-refractivity contribution in [3.05, 3.63) is 48.5 Å². The molecule has 0 saturated carbocycles. The van der Waals surface area contributed by atoms with Gasteiger partial charge in [-0.25, -0.2) is 16.8 Å². The van der Waals surface area contributed by atoms with Gasteiger partial charge in [-0.15, -0.1) is 0 Å². The third kappa shape index (κ3) is 19.5. The summed E-state index contributed by atoms with van der Waals surface area (Å²) < 4.78 is 57.1. The zero-order valence-corrected chi connectivity index (χ0v) is 31.7. The van der Waals surface area contributed by atoms with Crippen LogP contribution in [0.2, 0.25) is 0 Å². The molecule has 0 heterocycles. The maximum Gasteiger partial charge on any atom is 0.232 e. The number of hydrogen-bond acceptors (Lipinski definition) is 6. The first-order valence-electron chi connectivity index (χ1n) is 17.8. The molecule has 0 aliphatic rings. The van der Waals surface area contributed by atoms with E-state index in [1.165, 1.54) is 111 Å². The van der Waals surface area contributed by atoms with Crippen LogP contribution in [0.15, 0.2) is 58.3 Å². The van der Waals surface area contributed by atoms with Gasteiger partial charge in [0, 0.05) is 9.79 Å². The Morgan fingerprint density at radius 3 is 1.04 bits per heavy atom. The van der Waals surface area contributed by atoms with Crippen molar-refractivity contribution >= 4 is 53.0 Å². The molecule has 0 radical (unpaired) electrons. The molecule has 0 atom stereocenters. The van der Waals surface area contributed by atoms with Gasteiger partial charge >= 0.3 is 0 Å². The number of para-hydroxylation sites is 2. The number of benzene rings is 2. The van der Waals surface area contributed by atoms with Crippen molar-refractivity contribution in [2.45, 2.75) is 152 Å². The third-order valence-corrected chi connectivity index (χ3v) is 13.3. The highest BCUT2D eigenvalue weighted by molar-refractivity contribution is 8.76. The molecule has 0 saturated heterocycles. The quantitative estimate of drug-likeness (QED) is 0.0644.